The lowest BCUT2D eigenvalue weighted by Crippen LogP contribution is -2.16. The van der Waals surface area contributed by atoms with E-state index in [1.54, 1.807) is 0 Å². The first-order chi connectivity index (χ1) is 19.4. The molecule has 6 aromatic rings. The summed E-state index contributed by atoms with van der Waals surface area (Å²) in [6.07, 6.45) is 5.07. The zero-order valence-electron chi connectivity index (χ0n) is 23.3. The molecule has 3 heterocycles. The first-order valence-corrected chi connectivity index (χ1v) is 13.7. The van der Waals surface area contributed by atoms with Crippen molar-refractivity contribution >= 4 is 17.3 Å². The summed E-state index contributed by atoms with van der Waals surface area (Å²) in [6, 6.07) is 32.3. The van der Waals surface area contributed by atoms with Gasteiger partial charge in [0.25, 0.3) is 0 Å². The lowest BCUT2D eigenvalue weighted by atomic mass is 10.0. The molecule has 0 saturated carbocycles. The molecule has 5 heteroatoms. The Labute approximate surface area is 235 Å². The van der Waals surface area contributed by atoms with Gasteiger partial charge in [-0.15, -0.1) is 0 Å². The Morgan fingerprint density at radius 1 is 0.650 bits per heavy atom. The molecular weight excluding hydrogens is 490 g/mol. The van der Waals surface area contributed by atoms with Crippen molar-refractivity contribution in [1.82, 2.24) is 19.1 Å². The van der Waals surface area contributed by atoms with Crippen LogP contribution in [0.2, 0.25) is 0 Å². The predicted molar refractivity (Wildman–Crippen MR) is 163 cm³/mol. The number of nitrogens with zero attached hydrogens (tertiary/aromatic N) is 5. The second kappa shape index (κ2) is 9.38. The second-order valence-electron chi connectivity index (χ2n) is 10.8. The highest BCUT2D eigenvalue weighted by molar-refractivity contribution is 5.79. The van der Waals surface area contributed by atoms with Gasteiger partial charge in [0, 0.05) is 48.4 Å². The van der Waals surface area contributed by atoms with Gasteiger partial charge >= 0.3 is 0 Å². The van der Waals surface area contributed by atoms with Crippen molar-refractivity contribution < 1.29 is 0 Å². The minimum absolute atomic E-state index is 0.754. The standard InChI is InChI=1S/C35H31N5/c1-23-16-24(2)34(25(3)17-23)39-22-32-27-11-8-10-26(18-27)19-33-36-31(21-38(33)4)28-12-9-15-30(20-28)40(35(39)37-32)29-13-6-5-7-14-29/h5-18,20-22H,19H2,1-4H3. The van der Waals surface area contributed by atoms with Crippen molar-refractivity contribution in [1.29, 1.82) is 0 Å². The Hall–Kier alpha value is -4.90. The van der Waals surface area contributed by atoms with E-state index in [2.05, 4.69) is 145 Å². The Bertz CT molecular complexity index is 1850. The van der Waals surface area contributed by atoms with E-state index in [-0.39, 0.29) is 0 Å². The molecule has 0 unspecified atom stereocenters. The van der Waals surface area contributed by atoms with Crippen LogP contribution in [0.4, 0.5) is 17.3 Å². The lowest BCUT2D eigenvalue weighted by molar-refractivity contribution is 0.822. The van der Waals surface area contributed by atoms with Crippen LogP contribution in [-0.4, -0.2) is 19.1 Å². The minimum atomic E-state index is 0.754. The second-order valence-corrected chi connectivity index (χ2v) is 10.8. The van der Waals surface area contributed by atoms with E-state index >= 15 is 0 Å². The predicted octanol–water partition coefficient (Wildman–Crippen LogP) is 8.24. The minimum Gasteiger partial charge on any atom is -0.337 e. The van der Waals surface area contributed by atoms with Crippen molar-refractivity contribution in [2.45, 2.75) is 27.2 Å². The Balaban J connectivity index is 1.57. The Morgan fingerprint density at radius 3 is 2.10 bits per heavy atom. The van der Waals surface area contributed by atoms with Gasteiger partial charge in [-0.2, -0.15) is 0 Å². The SMILES string of the molecule is Cc1cc(C)c(-n2cc3nc2N(c2ccccc2)c2cccc(c2)-c2cn(C)c(n2)Cc2cccc-3c2)c(C)c1. The molecule has 2 aromatic heterocycles. The molecule has 8 bridgehead atoms. The first-order valence-electron chi connectivity index (χ1n) is 13.7. The molecule has 0 saturated heterocycles. The number of aryl methyl sites for hydroxylation is 4. The number of hydrogen-bond acceptors (Lipinski definition) is 3. The molecular formula is C35H31N5. The van der Waals surface area contributed by atoms with Gasteiger partial charge in [0.15, 0.2) is 0 Å². The van der Waals surface area contributed by atoms with E-state index in [0.717, 1.165) is 57.8 Å². The average molecular weight is 522 g/mol. The largest absolute Gasteiger partial charge is 0.337 e. The summed E-state index contributed by atoms with van der Waals surface area (Å²) >= 11 is 0. The van der Waals surface area contributed by atoms with Crippen LogP contribution in [0.1, 0.15) is 28.1 Å². The number of anilines is 3. The molecule has 1 aliphatic heterocycles. The van der Waals surface area contributed by atoms with E-state index in [0.29, 0.717) is 0 Å². The normalized spacial score (nSPS) is 12.3. The van der Waals surface area contributed by atoms with Crippen molar-refractivity contribution in [3.8, 4) is 28.2 Å². The summed E-state index contributed by atoms with van der Waals surface area (Å²) < 4.78 is 4.41. The molecule has 0 spiro atoms. The third-order valence-electron chi connectivity index (χ3n) is 7.74. The Morgan fingerprint density at radius 2 is 1.32 bits per heavy atom. The fraction of sp³-hybridized carbons (Fsp3) is 0.143. The van der Waals surface area contributed by atoms with Crippen LogP contribution < -0.4 is 4.90 Å². The molecule has 0 amide bonds. The number of imidazole rings is 2. The van der Waals surface area contributed by atoms with Gasteiger partial charge in [-0.25, -0.2) is 9.97 Å². The van der Waals surface area contributed by atoms with E-state index in [4.69, 9.17) is 9.97 Å². The summed E-state index contributed by atoms with van der Waals surface area (Å²) in [7, 11) is 2.08. The van der Waals surface area contributed by atoms with E-state index in [1.165, 1.54) is 22.3 Å². The number of aromatic nitrogens is 4. The van der Waals surface area contributed by atoms with Crippen LogP contribution in [0.25, 0.3) is 28.2 Å². The van der Waals surface area contributed by atoms with Crippen LogP contribution >= 0.6 is 0 Å². The highest BCUT2D eigenvalue weighted by atomic mass is 15.3. The summed E-state index contributed by atoms with van der Waals surface area (Å²) in [5, 5.41) is 0. The molecule has 1 aliphatic rings. The molecule has 196 valence electrons. The highest BCUT2D eigenvalue weighted by Crippen LogP contribution is 2.40. The number of para-hydroxylation sites is 1. The number of rotatable bonds is 2. The number of fused-ring (bicyclic) bond motifs is 10. The molecule has 5 nitrogen and oxygen atoms in total. The topological polar surface area (TPSA) is 38.9 Å². The van der Waals surface area contributed by atoms with Crippen molar-refractivity contribution in [3.05, 3.63) is 131 Å². The number of hydrogen-bond donors (Lipinski definition) is 0. The zero-order valence-corrected chi connectivity index (χ0v) is 23.3. The molecule has 0 aliphatic carbocycles. The van der Waals surface area contributed by atoms with Crippen LogP contribution in [0, 0.1) is 20.8 Å². The summed E-state index contributed by atoms with van der Waals surface area (Å²) in [5.41, 5.74) is 12.2. The fourth-order valence-electron chi connectivity index (χ4n) is 5.98. The van der Waals surface area contributed by atoms with Gasteiger partial charge in [0.05, 0.1) is 17.1 Å². The van der Waals surface area contributed by atoms with Crippen LogP contribution in [0.15, 0.2) is 103 Å². The van der Waals surface area contributed by atoms with Gasteiger partial charge in [-0.3, -0.25) is 9.47 Å². The van der Waals surface area contributed by atoms with Crippen molar-refractivity contribution in [2.24, 2.45) is 7.05 Å². The quantitative estimate of drug-likeness (QED) is 0.230. The van der Waals surface area contributed by atoms with Crippen molar-refractivity contribution in [3.63, 3.8) is 0 Å². The monoisotopic (exact) mass is 521 g/mol. The number of benzene rings is 4. The fourth-order valence-corrected chi connectivity index (χ4v) is 5.98. The summed E-state index contributed by atoms with van der Waals surface area (Å²) in [5.74, 6) is 1.88. The maximum Gasteiger partial charge on any atom is 0.220 e. The highest BCUT2D eigenvalue weighted by Gasteiger charge is 2.24. The Kier molecular flexibility index (Phi) is 5.67. The van der Waals surface area contributed by atoms with E-state index in [9.17, 15) is 0 Å². The van der Waals surface area contributed by atoms with Crippen LogP contribution in [-0.2, 0) is 13.5 Å². The maximum absolute atomic E-state index is 5.37. The smallest absolute Gasteiger partial charge is 0.220 e. The molecule has 7 rings (SSSR count). The summed E-state index contributed by atoms with van der Waals surface area (Å²) in [4.78, 5) is 12.7. The molecule has 0 N–H and O–H groups in total. The van der Waals surface area contributed by atoms with Gasteiger partial charge in [0.2, 0.25) is 5.95 Å². The summed E-state index contributed by atoms with van der Waals surface area (Å²) in [6.45, 7) is 6.53. The van der Waals surface area contributed by atoms with Crippen molar-refractivity contribution in [2.75, 3.05) is 4.90 Å². The third-order valence-corrected chi connectivity index (χ3v) is 7.74. The zero-order chi connectivity index (χ0) is 27.4. The molecule has 0 radical (unpaired) electrons. The van der Waals surface area contributed by atoms with Crippen LogP contribution in [0.3, 0.4) is 0 Å². The van der Waals surface area contributed by atoms with E-state index < -0.39 is 0 Å². The first kappa shape index (κ1) is 24.2. The molecule has 4 aromatic carbocycles. The molecule has 0 atom stereocenters. The third kappa shape index (κ3) is 4.11. The van der Waals surface area contributed by atoms with Gasteiger partial charge in [-0.05, 0) is 67.8 Å². The molecule has 40 heavy (non-hydrogen) atoms. The van der Waals surface area contributed by atoms with Gasteiger partial charge in [0.1, 0.15) is 5.82 Å². The molecule has 0 fully saturated rings. The van der Waals surface area contributed by atoms with Gasteiger partial charge < -0.3 is 4.57 Å². The average Bonchev–Trinajstić information content (AvgIpc) is 3.53. The maximum atomic E-state index is 5.37. The van der Waals surface area contributed by atoms with E-state index in [1.807, 2.05) is 0 Å². The van der Waals surface area contributed by atoms with Gasteiger partial charge in [-0.1, -0.05) is 66.2 Å². The van der Waals surface area contributed by atoms with Crippen LogP contribution in [0.5, 0.6) is 0 Å². The lowest BCUT2D eigenvalue weighted by Gasteiger charge is -2.26.